The van der Waals surface area contributed by atoms with Crippen molar-refractivity contribution in [2.75, 3.05) is 24.9 Å². The molecule has 1 heterocycles. The maximum absolute atomic E-state index is 14.2. The zero-order chi connectivity index (χ0) is 18.7. The minimum atomic E-state index is -3.83. The predicted octanol–water partition coefficient (Wildman–Crippen LogP) is 2.34. The summed E-state index contributed by atoms with van der Waals surface area (Å²) >= 11 is -0.695. The van der Waals surface area contributed by atoms with Crippen molar-refractivity contribution >= 4 is 35.8 Å². The van der Waals surface area contributed by atoms with Crippen molar-refractivity contribution in [3.05, 3.63) is 54.1 Å². The van der Waals surface area contributed by atoms with E-state index in [0.29, 0.717) is 14.7 Å². The molecule has 1 N–H and O–H groups in total. The van der Waals surface area contributed by atoms with Crippen molar-refractivity contribution in [1.82, 2.24) is 4.90 Å². The molecule has 1 aliphatic heterocycles. The molecule has 0 radical (unpaired) electrons. The Kier molecular flexibility index (Phi) is 6.00. The molecule has 0 amide bonds. The molecule has 1 fully saturated rings. The molecular weight excluding hydrogens is 421 g/mol. The van der Waals surface area contributed by atoms with Gasteiger partial charge >= 0.3 is 159 Å². The summed E-state index contributed by atoms with van der Waals surface area (Å²) in [4.78, 5) is 2.24. The molecule has 0 aliphatic carbocycles. The monoisotopic (exact) mass is 442 g/mol. The summed E-state index contributed by atoms with van der Waals surface area (Å²) in [6, 6.07) is 8.93. The zero-order valence-corrected chi connectivity index (χ0v) is 17.3. The van der Waals surface area contributed by atoms with Crippen LogP contribution < -0.4 is 9.07 Å². The summed E-state index contributed by atoms with van der Waals surface area (Å²) in [5.74, 6) is -0.773. The van der Waals surface area contributed by atoms with E-state index in [2.05, 4.69) is 16.7 Å². The standard InChI is InChI=1S/C18H21AsF2N2O2S/c1-23-10-8-13(9-11-23)19-17-12-15(4-7-18(17)21)22-26(24,25)16-5-2-14(20)3-6-16/h2-7,12-13,19,22H,8-11H2,1H3. The van der Waals surface area contributed by atoms with Gasteiger partial charge in [0.05, 0.1) is 0 Å². The van der Waals surface area contributed by atoms with Crippen molar-refractivity contribution in [2.45, 2.75) is 22.4 Å². The number of hydrogen-bond donors (Lipinski definition) is 1. The van der Waals surface area contributed by atoms with E-state index >= 15 is 0 Å². The second-order valence-electron chi connectivity index (χ2n) is 6.48. The molecule has 1 aliphatic rings. The first-order valence-electron chi connectivity index (χ1n) is 8.36. The van der Waals surface area contributed by atoms with Gasteiger partial charge in [-0.25, -0.2) is 0 Å². The molecule has 1 unspecified atom stereocenters. The van der Waals surface area contributed by atoms with E-state index in [4.69, 9.17) is 0 Å². The van der Waals surface area contributed by atoms with E-state index in [0.717, 1.165) is 38.1 Å². The molecule has 3 rings (SSSR count). The van der Waals surface area contributed by atoms with Gasteiger partial charge in [-0.15, -0.1) is 0 Å². The Labute approximate surface area is 159 Å². The molecule has 0 aromatic heterocycles. The molecule has 1 saturated heterocycles. The van der Waals surface area contributed by atoms with Crippen molar-refractivity contribution in [2.24, 2.45) is 0 Å². The van der Waals surface area contributed by atoms with Crippen LogP contribution in [0, 0.1) is 11.6 Å². The molecule has 140 valence electrons. The van der Waals surface area contributed by atoms with Gasteiger partial charge in [0, 0.05) is 0 Å². The number of rotatable bonds is 5. The number of piperidine rings is 1. The summed E-state index contributed by atoms with van der Waals surface area (Å²) in [5, 5.41) is 0. The van der Waals surface area contributed by atoms with Gasteiger partial charge in [0.25, 0.3) is 0 Å². The molecule has 8 heteroatoms. The van der Waals surface area contributed by atoms with Crippen LogP contribution in [0.15, 0.2) is 47.4 Å². The van der Waals surface area contributed by atoms with Crippen LogP contribution in [0.5, 0.6) is 0 Å². The van der Waals surface area contributed by atoms with Crippen molar-refractivity contribution in [3.63, 3.8) is 0 Å². The van der Waals surface area contributed by atoms with Crippen molar-refractivity contribution < 1.29 is 17.2 Å². The Hall–Kier alpha value is -1.43. The van der Waals surface area contributed by atoms with Crippen molar-refractivity contribution in [3.8, 4) is 0 Å². The van der Waals surface area contributed by atoms with Gasteiger partial charge in [-0.1, -0.05) is 0 Å². The second kappa shape index (κ2) is 8.07. The average Bonchev–Trinajstić information content (AvgIpc) is 2.60. The average molecular weight is 442 g/mol. The van der Waals surface area contributed by atoms with Gasteiger partial charge < -0.3 is 0 Å². The third-order valence-corrected chi connectivity index (χ3v) is 9.34. The van der Waals surface area contributed by atoms with Crippen LogP contribution in [0.25, 0.3) is 0 Å². The molecule has 2 aromatic rings. The van der Waals surface area contributed by atoms with E-state index in [9.17, 15) is 17.2 Å². The summed E-state index contributed by atoms with van der Waals surface area (Å²) in [6.07, 6.45) is 2.11. The number of nitrogens with one attached hydrogen (secondary N) is 1. The summed E-state index contributed by atoms with van der Waals surface area (Å²) in [7, 11) is -1.75. The molecule has 0 bridgehead atoms. The Morgan fingerprint density at radius 1 is 1.08 bits per heavy atom. The summed E-state index contributed by atoms with van der Waals surface area (Å²) < 4.78 is 55.6. The fraction of sp³-hybridized carbons (Fsp3) is 0.333. The van der Waals surface area contributed by atoms with Gasteiger partial charge in [0.15, 0.2) is 0 Å². The van der Waals surface area contributed by atoms with E-state index in [1.165, 1.54) is 24.3 Å². The van der Waals surface area contributed by atoms with Crippen molar-refractivity contribution in [1.29, 1.82) is 0 Å². The van der Waals surface area contributed by atoms with E-state index in [1.807, 2.05) is 0 Å². The molecule has 0 saturated carbocycles. The summed E-state index contributed by atoms with van der Waals surface area (Å²) in [5.41, 5.74) is 0.336. The first-order valence-corrected chi connectivity index (χ1v) is 12.1. The second-order valence-corrected chi connectivity index (χ2v) is 11.6. The van der Waals surface area contributed by atoms with E-state index < -0.39 is 31.6 Å². The van der Waals surface area contributed by atoms with E-state index in [1.54, 1.807) is 6.07 Å². The molecule has 1 atom stereocenters. The Morgan fingerprint density at radius 3 is 2.38 bits per heavy atom. The number of sulfonamides is 1. The Balaban J connectivity index is 1.75. The topological polar surface area (TPSA) is 49.4 Å². The van der Waals surface area contributed by atoms with Crippen LogP contribution in [0.2, 0.25) is 4.71 Å². The number of hydrogen-bond acceptors (Lipinski definition) is 3. The van der Waals surface area contributed by atoms with Crippen LogP contribution in [0.3, 0.4) is 0 Å². The Bertz CT molecular complexity index is 867. The minimum absolute atomic E-state index is 0.0314. The first-order chi connectivity index (χ1) is 12.3. The molecule has 4 nitrogen and oxygen atoms in total. The number of nitrogens with zero attached hydrogens (tertiary/aromatic N) is 1. The fourth-order valence-corrected chi connectivity index (χ4v) is 6.98. The number of likely N-dealkylation sites (tertiary alicyclic amines) is 1. The van der Waals surface area contributed by atoms with Crippen LogP contribution in [0.1, 0.15) is 12.8 Å². The summed E-state index contributed by atoms with van der Waals surface area (Å²) in [6.45, 7) is 2.04. The van der Waals surface area contributed by atoms with Gasteiger partial charge in [0.2, 0.25) is 0 Å². The van der Waals surface area contributed by atoms with Crippen LogP contribution >= 0.6 is 0 Å². The SMILES string of the molecule is CN1CCC([AsH]c2cc(NS(=O)(=O)c3ccc(F)cc3)ccc2F)CC1. The van der Waals surface area contributed by atoms with Crippen LogP contribution in [-0.4, -0.2) is 49.2 Å². The van der Waals surface area contributed by atoms with Gasteiger partial charge in [-0.05, 0) is 0 Å². The van der Waals surface area contributed by atoms with Gasteiger partial charge in [0.1, 0.15) is 0 Å². The van der Waals surface area contributed by atoms with Gasteiger partial charge in [-0.3, -0.25) is 0 Å². The third kappa shape index (κ3) is 4.84. The number of benzene rings is 2. The molecular formula is C18H21AsF2N2O2S. The third-order valence-electron chi connectivity index (χ3n) is 4.42. The predicted molar refractivity (Wildman–Crippen MR) is 101 cm³/mol. The van der Waals surface area contributed by atoms with Crippen LogP contribution in [-0.2, 0) is 10.0 Å². The molecule has 26 heavy (non-hydrogen) atoms. The fourth-order valence-electron chi connectivity index (χ4n) is 2.90. The molecule has 0 spiro atoms. The number of anilines is 1. The quantitative estimate of drug-likeness (QED) is 0.724. The number of halogens is 2. The normalized spacial score (nSPS) is 17.0. The van der Waals surface area contributed by atoms with Crippen LogP contribution in [0.4, 0.5) is 14.5 Å². The molecule has 2 aromatic carbocycles. The Morgan fingerprint density at radius 2 is 1.73 bits per heavy atom. The van der Waals surface area contributed by atoms with Gasteiger partial charge in [-0.2, -0.15) is 0 Å². The first kappa shape index (κ1) is 19.3. The van der Waals surface area contributed by atoms with E-state index in [-0.39, 0.29) is 10.7 Å². The zero-order valence-electron chi connectivity index (χ0n) is 14.4. The maximum atomic E-state index is 14.2.